The van der Waals surface area contributed by atoms with Crippen LogP contribution in [0.4, 0.5) is 0 Å². The Morgan fingerprint density at radius 2 is 1.94 bits per heavy atom. The second-order valence-corrected chi connectivity index (χ2v) is 4.06. The summed E-state index contributed by atoms with van der Waals surface area (Å²) in [6.07, 6.45) is 3.82. The Labute approximate surface area is 101 Å². The molecule has 94 valence electrons. The molecule has 0 aliphatic heterocycles. The van der Waals surface area contributed by atoms with E-state index in [4.69, 9.17) is 0 Å². The van der Waals surface area contributed by atoms with Gasteiger partial charge in [0.1, 0.15) is 0 Å². The van der Waals surface area contributed by atoms with Gasteiger partial charge in [-0.1, -0.05) is 0 Å². The van der Waals surface area contributed by atoms with Gasteiger partial charge in [-0.25, -0.2) is 0 Å². The van der Waals surface area contributed by atoms with Crippen molar-refractivity contribution in [2.75, 3.05) is 27.7 Å². The van der Waals surface area contributed by atoms with Crippen LogP contribution in [0.15, 0.2) is 18.5 Å². The van der Waals surface area contributed by atoms with Crippen LogP contribution in [0.1, 0.15) is 6.42 Å². The van der Waals surface area contributed by atoms with E-state index >= 15 is 0 Å². The van der Waals surface area contributed by atoms with Gasteiger partial charge >= 0.3 is 0 Å². The summed E-state index contributed by atoms with van der Waals surface area (Å²) in [6.45, 7) is 0.650. The van der Waals surface area contributed by atoms with Crippen molar-refractivity contribution < 1.29 is 9.59 Å². The summed E-state index contributed by atoms with van der Waals surface area (Å²) >= 11 is 0. The van der Waals surface area contributed by atoms with Gasteiger partial charge in [-0.2, -0.15) is 5.10 Å². The molecule has 0 aliphatic carbocycles. The maximum absolute atomic E-state index is 11.7. The largest absolute Gasteiger partial charge is 0.347 e. The molecule has 0 radical (unpaired) electrons. The first-order valence-corrected chi connectivity index (χ1v) is 5.42. The molecule has 0 unspecified atom stereocenters. The number of nitrogens with zero attached hydrogens (tertiary/aromatic N) is 4. The average molecular weight is 238 g/mol. The molecular weight excluding hydrogens is 220 g/mol. The van der Waals surface area contributed by atoms with E-state index in [0.717, 1.165) is 0 Å². The third-order valence-electron chi connectivity index (χ3n) is 2.41. The normalized spacial score (nSPS) is 10.1. The SMILES string of the molecule is CN(C)C(=O)CN(C)C(=O)CCn1cccn1. The first-order valence-electron chi connectivity index (χ1n) is 5.42. The van der Waals surface area contributed by atoms with Gasteiger partial charge < -0.3 is 9.80 Å². The molecule has 17 heavy (non-hydrogen) atoms. The number of rotatable bonds is 5. The van der Waals surface area contributed by atoms with Gasteiger partial charge in [-0.15, -0.1) is 0 Å². The van der Waals surface area contributed by atoms with Crippen LogP contribution in [0.3, 0.4) is 0 Å². The molecule has 0 bridgehead atoms. The summed E-state index contributed by atoms with van der Waals surface area (Å²) in [5.41, 5.74) is 0. The lowest BCUT2D eigenvalue weighted by Crippen LogP contribution is -2.38. The molecule has 0 aromatic carbocycles. The van der Waals surface area contributed by atoms with Crippen LogP contribution >= 0.6 is 0 Å². The molecule has 0 saturated heterocycles. The fourth-order valence-corrected chi connectivity index (χ4v) is 1.27. The maximum Gasteiger partial charge on any atom is 0.241 e. The number of hydrogen-bond donors (Lipinski definition) is 0. The van der Waals surface area contributed by atoms with Gasteiger partial charge in [-0.3, -0.25) is 14.3 Å². The Balaban J connectivity index is 2.34. The number of hydrogen-bond acceptors (Lipinski definition) is 3. The fraction of sp³-hybridized carbons (Fsp3) is 0.545. The van der Waals surface area contributed by atoms with Crippen LogP contribution in [-0.2, 0) is 16.1 Å². The Kier molecular flexibility index (Phi) is 4.68. The molecule has 0 spiro atoms. The van der Waals surface area contributed by atoms with Crippen LogP contribution in [0, 0.1) is 0 Å². The molecule has 0 saturated carbocycles. The first-order chi connectivity index (χ1) is 8.00. The van der Waals surface area contributed by atoms with Gasteiger partial charge in [0.2, 0.25) is 11.8 Å². The molecule has 0 aliphatic rings. The smallest absolute Gasteiger partial charge is 0.241 e. The lowest BCUT2D eigenvalue weighted by molar-refractivity contribution is -0.138. The van der Waals surface area contributed by atoms with Gasteiger partial charge in [0, 0.05) is 46.5 Å². The van der Waals surface area contributed by atoms with E-state index in [1.54, 1.807) is 38.2 Å². The Bertz CT molecular complexity index is 373. The number of likely N-dealkylation sites (N-methyl/N-ethyl adjacent to an activating group) is 2. The second-order valence-electron chi connectivity index (χ2n) is 4.06. The summed E-state index contributed by atoms with van der Waals surface area (Å²) in [7, 11) is 4.97. The zero-order chi connectivity index (χ0) is 12.8. The van der Waals surface area contributed by atoms with Gasteiger partial charge in [0.05, 0.1) is 6.54 Å². The minimum Gasteiger partial charge on any atom is -0.347 e. The Morgan fingerprint density at radius 3 is 2.47 bits per heavy atom. The van der Waals surface area contributed by atoms with Crippen LogP contribution in [0.2, 0.25) is 0 Å². The fourth-order valence-electron chi connectivity index (χ4n) is 1.27. The quantitative estimate of drug-likeness (QED) is 0.715. The molecule has 6 heteroatoms. The summed E-state index contributed by atoms with van der Waals surface area (Å²) < 4.78 is 1.69. The number of aromatic nitrogens is 2. The van der Waals surface area contributed by atoms with Crippen molar-refractivity contribution in [2.24, 2.45) is 0 Å². The average Bonchev–Trinajstić information content (AvgIpc) is 2.78. The molecule has 2 amide bonds. The minimum atomic E-state index is -0.0834. The molecule has 6 nitrogen and oxygen atoms in total. The van der Waals surface area contributed by atoms with E-state index < -0.39 is 0 Å². The topological polar surface area (TPSA) is 58.4 Å². The van der Waals surface area contributed by atoms with Crippen molar-refractivity contribution in [3.05, 3.63) is 18.5 Å². The number of amides is 2. The number of carbonyl (C=O) groups is 2. The van der Waals surface area contributed by atoms with Crippen LogP contribution in [0.25, 0.3) is 0 Å². The van der Waals surface area contributed by atoms with Gasteiger partial charge in [-0.05, 0) is 6.07 Å². The highest BCUT2D eigenvalue weighted by atomic mass is 16.2. The molecule has 0 N–H and O–H groups in total. The third kappa shape index (κ3) is 4.26. The van der Waals surface area contributed by atoms with E-state index in [1.165, 1.54) is 9.80 Å². The summed E-state index contributed by atoms with van der Waals surface area (Å²) in [6, 6.07) is 1.81. The van der Waals surface area contributed by atoms with E-state index in [9.17, 15) is 9.59 Å². The Morgan fingerprint density at radius 1 is 1.24 bits per heavy atom. The van der Waals surface area contributed by atoms with Crippen molar-refractivity contribution >= 4 is 11.8 Å². The molecule has 0 fully saturated rings. The van der Waals surface area contributed by atoms with E-state index in [-0.39, 0.29) is 18.4 Å². The lowest BCUT2D eigenvalue weighted by atomic mass is 10.3. The molecular formula is C11H18N4O2. The van der Waals surface area contributed by atoms with Gasteiger partial charge in [0.15, 0.2) is 0 Å². The molecule has 1 rings (SSSR count). The third-order valence-corrected chi connectivity index (χ3v) is 2.41. The molecule has 1 heterocycles. The van der Waals surface area contributed by atoms with E-state index in [1.807, 2.05) is 6.07 Å². The van der Waals surface area contributed by atoms with E-state index in [2.05, 4.69) is 5.10 Å². The van der Waals surface area contributed by atoms with E-state index in [0.29, 0.717) is 13.0 Å². The lowest BCUT2D eigenvalue weighted by Gasteiger charge is -2.19. The standard InChI is InChI=1S/C11H18N4O2/c1-13(2)11(17)9-14(3)10(16)5-8-15-7-4-6-12-15/h4,6-7H,5,8-9H2,1-3H3. The van der Waals surface area contributed by atoms with Crippen molar-refractivity contribution in [3.8, 4) is 0 Å². The molecule has 1 aromatic rings. The second kappa shape index (κ2) is 6.03. The highest BCUT2D eigenvalue weighted by Gasteiger charge is 2.13. The summed E-state index contributed by atoms with van der Waals surface area (Å²) in [5.74, 6) is -0.143. The van der Waals surface area contributed by atoms with Crippen LogP contribution < -0.4 is 0 Å². The van der Waals surface area contributed by atoms with Crippen molar-refractivity contribution in [1.82, 2.24) is 19.6 Å². The minimum absolute atomic E-state index is 0.0595. The van der Waals surface area contributed by atoms with Crippen LogP contribution in [0.5, 0.6) is 0 Å². The number of aryl methyl sites for hydroxylation is 1. The zero-order valence-corrected chi connectivity index (χ0v) is 10.5. The predicted molar refractivity (Wildman–Crippen MR) is 63.2 cm³/mol. The highest BCUT2D eigenvalue weighted by molar-refractivity contribution is 5.84. The van der Waals surface area contributed by atoms with Crippen molar-refractivity contribution in [2.45, 2.75) is 13.0 Å². The summed E-state index contributed by atoms with van der Waals surface area (Å²) in [4.78, 5) is 26.0. The highest BCUT2D eigenvalue weighted by Crippen LogP contribution is 1.96. The number of carbonyl (C=O) groups excluding carboxylic acids is 2. The van der Waals surface area contributed by atoms with Gasteiger partial charge in [0.25, 0.3) is 0 Å². The summed E-state index contributed by atoms with van der Waals surface area (Å²) in [5, 5.41) is 4.01. The molecule has 0 atom stereocenters. The predicted octanol–water partition coefficient (Wildman–Crippen LogP) is -0.180. The Hall–Kier alpha value is -1.85. The van der Waals surface area contributed by atoms with Crippen LogP contribution in [-0.4, -0.2) is 59.1 Å². The van der Waals surface area contributed by atoms with Crippen molar-refractivity contribution in [3.63, 3.8) is 0 Å². The van der Waals surface area contributed by atoms with Crippen molar-refractivity contribution in [1.29, 1.82) is 0 Å². The monoisotopic (exact) mass is 238 g/mol. The zero-order valence-electron chi connectivity index (χ0n) is 10.5. The maximum atomic E-state index is 11.7. The molecule has 1 aromatic heterocycles. The first kappa shape index (κ1) is 13.2.